The molecule has 0 aliphatic carbocycles. The van der Waals surface area contributed by atoms with Crippen LogP contribution in [0.4, 0.5) is 0 Å². The number of aliphatic carboxylic acids is 1. The summed E-state index contributed by atoms with van der Waals surface area (Å²) >= 11 is 0. The van der Waals surface area contributed by atoms with Crippen molar-refractivity contribution in [2.24, 2.45) is 5.41 Å². The molecular weight excluding hydrogens is 612 g/mol. The van der Waals surface area contributed by atoms with Crippen LogP contribution < -0.4 is 14.8 Å². The highest BCUT2D eigenvalue weighted by Gasteiger charge is 2.48. The number of aliphatic hydroxyl groups is 3. The summed E-state index contributed by atoms with van der Waals surface area (Å²) in [6, 6.07) is 4.36. The van der Waals surface area contributed by atoms with Gasteiger partial charge in [0, 0.05) is 43.3 Å². The van der Waals surface area contributed by atoms with Crippen molar-refractivity contribution >= 4 is 29.7 Å². The van der Waals surface area contributed by atoms with E-state index in [2.05, 4.69) is 5.32 Å². The van der Waals surface area contributed by atoms with Crippen LogP contribution in [0.1, 0.15) is 39.2 Å². The summed E-state index contributed by atoms with van der Waals surface area (Å²) in [5.41, 5.74) is -0.300. The molecule has 5 N–H and O–H groups in total. The lowest BCUT2D eigenvalue weighted by Crippen LogP contribution is -2.61. The molecule has 1 aromatic rings. The van der Waals surface area contributed by atoms with E-state index in [1.54, 1.807) is 20.8 Å². The molecule has 0 bridgehead atoms. The molecule has 1 aromatic carbocycles. The van der Waals surface area contributed by atoms with Gasteiger partial charge in [0.05, 0.1) is 18.6 Å². The van der Waals surface area contributed by atoms with E-state index in [0.29, 0.717) is 12.0 Å². The zero-order valence-electron chi connectivity index (χ0n) is 25.7. The summed E-state index contributed by atoms with van der Waals surface area (Å²) in [6.07, 6.45) is -6.17. The smallest absolute Gasteiger partial charge is 0.335 e. The summed E-state index contributed by atoms with van der Waals surface area (Å²) in [6.45, 7) is 5.60. The van der Waals surface area contributed by atoms with Gasteiger partial charge in [-0.1, -0.05) is 0 Å². The molecule has 3 rings (SSSR count). The van der Waals surface area contributed by atoms with Crippen LogP contribution in [-0.4, -0.2) is 119 Å². The van der Waals surface area contributed by atoms with Gasteiger partial charge in [-0.05, 0) is 39.3 Å². The summed E-state index contributed by atoms with van der Waals surface area (Å²) in [4.78, 5) is 59.9. The molecule has 0 spiro atoms. The van der Waals surface area contributed by atoms with E-state index in [0.717, 1.165) is 4.90 Å². The minimum absolute atomic E-state index is 0.0259. The minimum Gasteiger partial charge on any atom is -0.491 e. The summed E-state index contributed by atoms with van der Waals surface area (Å²) < 4.78 is 27.5. The lowest BCUT2D eigenvalue weighted by Gasteiger charge is -2.38. The molecule has 16 nitrogen and oxygen atoms in total. The number of ether oxygens (including phenoxy) is 5. The summed E-state index contributed by atoms with van der Waals surface area (Å²) in [5, 5.41) is 42.2. The number of hydrogen-bond donors (Lipinski definition) is 5. The average Bonchev–Trinajstić information content (AvgIpc) is 3.31. The van der Waals surface area contributed by atoms with Crippen molar-refractivity contribution in [2.75, 3.05) is 32.9 Å². The van der Waals surface area contributed by atoms with E-state index < -0.39 is 59.9 Å². The van der Waals surface area contributed by atoms with Crippen molar-refractivity contribution in [1.82, 2.24) is 10.2 Å². The third kappa shape index (κ3) is 10.2. The van der Waals surface area contributed by atoms with Crippen LogP contribution in [0.3, 0.4) is 0 Å². The Morgan fingerprint density at radius 1 is 0.978 bits per heavy atom. The van der Waals surface area contributed by atoms with Gasteiger partial charge in [-0.15, -0.1) is 0 Å². The fourth-order valence-electron chi connectivity index (χ4n) is 4.22. The van der Waals surface area contributed by atoms with E-state index >= 15 is 0 Å². The standard InChI is InChI=1S/C30H40N2O14/c1-30(2,3)29(41)44-16-17-6-7-18(45-28-25(38)23(36)24(37)26(46-28)27(39)40)15-19(17)43-14-13-42-12-10-31-20(33)5-4-11-32-21(34)8-9-22(32)35/h6-9,15,23-26,28,36-38H,4-5,10-14,16H2,1-3H3,(H,31,33)(H,39,40)/t23-,24-,25+,26-,28+/m0/s1. The second-order valence-electron chi connectivity index (χ2n) is 11.5. The molecule has 254 valence electrons. The number of amides is 3. The fourth-order valence-corrected chi connectivity index (χ4v) is 4.22. The maximum atomic E-state index is 12.3. The van der Waals surface area contributed by atoms with E-state index in [4.69, 9.17) is 23.7 Å². The number of rotatable bonds is 16. The molecule has 1 fully saturated rings. The average molecular weight is 653 g/mol. The molecule has 46 heavy (non-hydrogen) atoms. The quantitative estimate of drug-likeness (QED) is 0.0843. The Balaban J connectivity index is 1.50. The van der Waals surface area contributed by atoms with Gasteiger partial charge < -0.3 is 49.4 Å². The van der Waals surface area contributed by atoms with E-state index in [-0.39, 0.29) is 63.3 Å². The van der Waals surface area contributed by atoms with Crippen molar-refractivity contribution in [2.45, 2.75) is 70.9 Å². The number of carboxylic acids is 1. The molecule has 16 heteroatoms. The molecule has 0 aromatic heterocycles. The fraction of sp³-hybridized carbons (Fsp3) is 0.567. The largest absolute Gasteiger partial charge is 0.491 e. The van der Waals surface area contributed by atoms with Gasteiger partial charge in [0.1, 0.15) is 43.0 Å². The van der Waals surface area contributed by atoms with Crippen molar-refractivity contribution in [3.63, 3.8) is 0 Å². The Bertz CT molecular complexity index is 1270. The third-order valence-electron chi connectivity index (χ3n) is 6.81. The van der Waals surface area contributed by atoms with Crippen LogP contribution in [0.5, 0.6) is 11.5 Å². The van der Waals surface area contributed by atoms with Crippen molar-refractivity contribution < 1.29 is 68.1 Å². The number of carbonyl (C=O) groups excluding carboxylic acids is 4. The maximum absolute atomic E-state index is 12.3. The number of imide groups is 1. The number of nitrogens with one attached hydrogen (secondary N) is 1. The van der Waals surface area contributed by atoms with Crippen LogP contribution in [0.2, 0.25) is 0 Å². The highest BCUT2D eigenvalue weighted by Crippen LogP contribution is 2.30. The zero-order chi connectivity index (χ0) is 34.0. The van der Waals surface area contributed by atoms with Gasteiger partial charge in [-0.2, -0.15) is 0 Å². The minimum atomic E-state index is -1.88. The molecule has 0 unspecified atom stereocenters. The first-order valence-corrected chi connectivity index (χ1v) is 14.6. The molecule has 0 saturated carbocycles. The molecule has 0 radical (unpaired) electrons. The van der Waals surface area contributed by atoms with Crippen LogP contribution >= 0.6 is 0 Å². The van der Waals surface area contributed by atoms with Crippen LogP contribution in [0, 0.1) is 5.41 Å². The van der Waals surface area contributed by atoms with Gasteiger partial charge in [-0.3, -0.25) is 24.1 Å². The maximum Gasteiger partial charge on any atom is 0.335 e. The molecule has 2 aliphatic rings. The van der Waals surface area contributed by atoms with E-state index in [1.807, 2.05) is 0 Å². The predicted octanol–water partition coefficient (Wildman–Crippen LogP) is -0.736. The Kier molecular flexibility index (Phi) is 13.0. The molecule has 5 atom stereocenters. The highest BCUT2D eigenvalue weighted by atomic mass is 16.7. The predicted molar refractivity (Wildman–Crippen MR) is 155 cm³/mol. The van der Waals surface area contributed by atoms with Gasteiger partial charge in [-0.25, -0.2) is 4.79 Å². The van der Waals surface area contributed by atoms with Crippen LogP contribution in [0.25, 0.3) is 0 Å². The normalized spacial score (nSPS) is 22.9. The first-order valence-electron chi connectivity index (χ1n) is 14.6. The lowest BCUT2D eigenvalue weighted by molar-refractivity contribution is -0.271. The Hall–Kier alpha value is -4.09. The van der Waals surface area contributed by atoms with Crippen molar-refractivity contribution in [3.8, 4) is 11.5 Å². The molecule has 3 amide bonds. The first kappa shape index (κ1) is 36.4. The SMILES string of the molecule is CC(C)(C)C(=O)OCc1ccc(O[C@@H]2O[C@H](C(=O)O)[C@@H](O)[C@H](O)[C@H]2O)cc1OCCOCCNC(=O)CCCN1C(=O)C=CC1=O. The topological polar surface area (TPSA) is 228 Å². The molecule has 1 saturated heterocycles. The monoisotopic (exact) mass is 652 g/mol. The van der Waals surface area contributed by atoms with Crippen molar-refractivity contribution in [3.05, 3.63) is 35.9 Å². The molecule has 2 heterocycles. The Labute approximate surface area is 264 Å². The second-order valence-corrected chi connectivity index (χ2v) is 11.5. The number of esters is 1. The highest BCUT2D eigenvalue weighted by molar-refractivity contribution is 6.12. The molecule has 2 aliphatic heterocycles. The number of carbonyl (C=O) groups is 5. The first-order chi connectivity index (χ1) is 21.7. The van der Waals surface area contributed by atoms with Gasteiger partial charge >= 0.3 is 11.9 Å². The number of nitrogens with zero attached hydrogens (tertiary/aromatic N) is 1. The van der Waals surface area contributed by atoms with Crippen LogP contribution in [-0.2, 0) is 44.8 Å². The van der Waals surface area contributed by atoms with Gasteiger partial charge in [0.25, 0.3) is 11.8 Å². The number of carboxylic acid groups (broad SMARTS) is 1. The summed E-state index contributed by atoms with van der Waals surface area (Å²) in [7, 11) is 0. The zero-order valence-corrected chi connectivity index (χ0v) is 25.7. The van der Waals surface area contributed by atoms with Crippen LogP contribution in [0.15, 0.2) is 30.4 Å². The van der Waals surface area contributed by atoms with Gasteiger partial charge in [0.15, 0.2) is 6.10 Å². The molecular formula is C30H40N2O14. The number of aliphatic hydroxyl groups excluding tert-OH is 3. The lowest BCUT2D eigenvalue weighted by atomic mass is 9.97. The number of benzene rings is 1. The van der Waals surface area contributed by atoms with E-state index in [1.165, 1.54) is 30.4 Å². The van der Waals surface area contributed by atoms with Gasteiger partial charge in [0.2, 0.25) is 12.2 Å². The second kappa shape index (κ2) is 16.5. The van der Waals surface area contributed by atoms with E-state index in [9.17, 15) is 44.4 Å². The Morgan fingerprint density at radius 2 is 1.67 bits per heavy atom. The summed E-state index contributed by atoms with van der Waals surface area (Å²) in [5.74, 6) is -2.81. The third-order valence-corrected chi connectivity index (χ3v) is 6.81. The Morgan fingerprint density at radius 3 is 2.33 bits per heavy atom. The van der Waals surface area contributed by atoms with Crippen molar-refractivity contribution in [1.29, 1.82) is 0 Å². The number of hydrogen-bond acceptors (Lipinski definition) is 13.